The van der Waals surface area contributed by atoms with Crippen LogP contribution in [0, 0.1) is 0 Å². The van der Waals surface area contributed by atoms with Crippen LogP contribution in [0.25, 0.3) is 0 Å². The summed E-state index contributed by atoms with van der Waals surface area (Å²) in [6.07, 6.45) is 0.180. The van der Waals surface area contributed by atoms with E-state index in [2.05, 4.69) is 5.32 Å². The number of aliphatic carboxylic acids is 1. The number of carboxylic acids is 1. The van der Waals surface area contributed by atoms with E-state index in [9.17, 15) is 19.5 Å². The van der Waals surface area contributed by atoms with Crippen molar-refractivity contribution in [3.8, 4) is 0 Å². The van der Waals surface area contributed by atoms with Crippen LogP contribution < -0.4 is 5.32 Å². The molecule has 1 saturated heterocycles. The van der Waals surface area contributed by atoms with Gasteiger partial charge in [0, 0.05) is 16.7 Å². The monoisotopic (exact) mass is 410 g/mol. The van der Waals surface area contributed by atoms with Crippen molar-refractivity contribution in [2.75, 3.05) is 0 Å². The van der Waals surface area contributed by atoms with Crippen LogP contribution in [0.2, 0.25) is 0 Å². The lowest BCUT2D eigenvalue weighted by atomic mass is 9.99. The predicted molar refractivity (Wildman–Crippen MR) is 111 cm³/mol. The number of carbonyl (C=O) groups is 3. The molecule has 2 aliphatic heterocycles. The zero-order valence-corrected chi connectivity index (χ0v) is 17.0. The molecule has 0 radical (unpaired) electrons. The standard InChI is InChI=1S/C22H22N2O4S/c1-22(2)17(24-19(26)14-10-6-7-11-15(14)20(24)29-22)18(25)23-16(21(27)28)12-13-8-4-3-5-9-13/h3-11,16-17,20H,12H2,1-2H3,(H,23,25)(H,27,28)/t16-,17+,20-/m0/s1. The molecule has 0 aromatic heterocycles. The fourth-order valence-electron chi connectivity index (χ4n) is 4.11. The Kier molecular flexibility index (Phi) is 4.86. The molecule has 7 heteroatoms. The fraction of sp³-hybridized carbons (Fsp3) is 0.318. The average molecular weight is 410 g/mol. The molecule has 0 aliphatic carbocycles. The van der Waals surface area contributed by atoms with Crippen molar-refractivity contribution in [1.29, 1.82) is 0 Å². The van der Waals surface area contributed by atoms with E-state index >= 15 is 0 Å². The highest BCUT2D eigenvalue weighted by Gasteiger charge is 2.57. The molecule has 2 heterocycles. The van der Waals surface area contributed by atoms with Gasteiger partial charge in [-0.05, 0) is 31.0 Å². The largest absolute Gasteiger partial charge is 0.480 e. The Labute approximate surface area is 173 Å². The second-order valence-corrected chi connectivity index (χ2v) is 9.60. The molecule has 2 aromatic rings. The SMILES string of the molecule is CC1(C)S[C@H]2c3ccccc3C(=O)N2[C@@H]1C(=O)N[C@@H](Cc1ccccc1)C(=O)O. The molecule has 0 unspecified atom stereocenters. The van der Waals surface area contributed by atoms with E-state index in [1.54, 1.807) is 22.7 Å². The fourth-order valence-corrected chi connectivity index (χ4v) is 5.69. The molecule has 4 rings (SSSR count). The summed E-state index contributed by atoms with van der Waals surface area (Å²) in [5.74, 6) is -1.72. The summed E-state index contributed by atoms with van der Waals surface area (Å²) in [7, 11) is 0. The molecule has 150 valence electrons. The summed E-state index contributed by atoms with van der Waals surface area (Å²) in [6.45, 7) is 3.84. The van der Waals surface area contributed by atoms with Gasteiger partial charge < -0.3 is 15.3 Å². The van der Waals surface area contributed by atoms with Gasteiger partial charge in [-0.25, -0.2) is 4.79 Å². The quantitative estimate of drug-likeness (QED) is 0.792. The maximum atomic E-state index is 13.2. The molecule has 3 atom stereocenters. The Morgan fingerprint density at radius 2 is 1.79 bits per heavy atom. The van der Waals surface area contributed by atoms with Crippen molar-refractivity contribution in [2.45, 2.75) is 42.5 Å². The average Bonchev–Trinajstić information content (AvgIpc) is 3.12. The summed E-state index contributed by atoms with van der Waals surface area (Å²) in [6, 6.07) is 14.7. The number of fused-ring (bicyclic) bond motifs is 3. The van der Waals surface area contributed by atoms with Gasteiger partial charge >= 0.3 is 5.97 Å². The molecule has 6 nitrogen and oxygen atoms in total. The topological polar surface area (TPSA) is 86.7 Å². The highest BCUT2D eigenvalue weighted by atomic mass is 32.2. The third-order valence-corrected chi connectivity index (χ3v) is 6.98. The summed E-state index contributed by atoms with van der Waals surface area (Å²) in [5.41, 5.74) is 2.34. The molecular formula is C22H22N2O4S. The van der Waals surface area contributed by atoms with Gasteiger partial charge in [0.25, 0.3) is 5.91 Å². The van der Waals surface area contributed by atoms with E-state index in [4.69, 9.17) is 0 Å². The number of nitrogens with one attached hydrogen (secondary N) is 1. The molecule has 2 aliphatic rings. The summed E-state index contributed by atoms with van der Waals surface area (Å²) in [4.78, 5) is 39.6. The number of amides is 2. The van der Waals surface area contributed by atoms with Crippen LogP contribution in [0.4, 0.5) is 0 Å². The molecule has 0 spiro atoms. The Hall–Kier alpha value is -2.80. The third kappa shape index (κ3) is 3.40. The van der Waals surface area contributed by atoms with E-state index in [1.165, 1.54) is 0 Å². The third-order valence-electron chi connectivity index (χ3n) is 5.44. The summed E-state index contributed by atoms with van der Waals surface area (Å²) >= 11 is 1.56. The zero-order chi connectivity index (χ0) is 20.8. The van der Waals surface area contributed by atoms with Crippen molar-refractivity contribution < 1.29 is 19.5 Å². The van der Waals surface area contributed by atoms with E-state index in [0.717, 1.165) is 11.1 Å². The van der Waals surface area contributed by atoms with Crippen LogP contribution >= 0.6 is 11.8 Å². The molecule has 2 aromatic carbocycles. The maximum absolute atomic E-state index is 13.2. The van der Waals surface area contributed by atoms with Crippen LogP contribution in [0.3, 0.4) is 0 Å². The first kappa shape index (κ1) is 19.5. The molecule has 0 bridgehead atoms. The number of rotatable bonds is 5. The predicted octanol–water partition coefficient (Wildman–Crippen LogP) is 2.85. The lowest BCUT2D eigenvalue weighted by molar-refractivity contribution is -0.142. The van der Waals surface area contributed by atoms with Crippen molar-refractivity contribution in [3.05, 3.63) is 71.3 Å². The van der Waals surface area contributed by atoms with E-state index < -0.39 is 28.7 Å². The molecule has 1 fully saturated rings. The lowest BCUT2D eigenvalue weighted by Gasteiger charge is -2.30. The van der Waals surface area contributed by atoms with Crippen molar-refractivity contribution in [2.24, 2.45) is 0 Å². The van der Waals surface area contributed by atoms with Crippen LogP contribution in [0.5, 0.6) is 0 Å². The molecule has 2 amide bonds. The first-order valence-electron chi connectivity index (χ1n) is 9.46. The maximum Gasteiger partial charge on any atom is 0.326 e. The van der Waals surface area contributed by atoms with Gasteiger partial charge in [-0.1, -0.05) is 48.5 Å². The van der Waals surface area contributed by atoms with Crippen LogP contribution in [0.1, 0.15) is 40.7 Å². The van der Waals surface area contributed by atoms with Crippen molar-refractivity contribution in [3.63, 3.8) is 0 Å². The highest BCUT2D eigenvalue weighted by molar-refractivity contribution is 8.01. The van der Waals surface area contributed by atoms with Crippen molar-refractivity contribution >= 4 is 29.5 Å². The highest BCUT2D eigenvalue weighted by Crippen LogP contribution is 2.56. The van der Waals surface area contributed by atoms with Crippen LogP contribution in [0.15, 0.2) is 54.6 Å². The normalized spacial score (nSPS) is 22.7. The Morgan fingerprint density at radius 1 is 1.14 bits per heavy atom. The molecule has 0 saturated carbocycles. The summed E-state index contributed by atoms with van der Waals surface area (Å²) < 4.78 is -0.548. The van der Waals surface area contributed by atoms with Crippen molar-refractivity contribution in [1.82, 2.24) is 10.2 Å². The molecule has 2 N–H and O–H groups in total. The van der Waals surface area contributed by atoms with Gasteiger partial charge in [0.05, 0.1) is 0 Å². The number of carboxylic acid groups (broad SMARTS) is 1. The van der Waals surface area contributed by atoms with E-state index in [1.807, 2.05) is 62.4 Å². The minimum absolute atomic E-state index is 0.180. The second kappa shape index (κ2) is 7.22. The van der Waals surface area contributed by atoms with Gasteiger partial charge in [-0.3, -0.25) is 9.59 Å². The minimum Gasteiger partial charge on any atom is -0.480 e. The van der Waals surface area contributed by atoms with Crippen LogP contribution in [-0.2, 0) is 16.0 Å². The van der Waals surface area contributed by atoms with Gasteiger partial charge in [0.1, 0.15) is 17.5 Å². The first-order valence-corrected chi connectivity index (χ1v) is 10.3. The number of hydrogen-bond donors (Lipinski definition) is 2. The minimum atomic E-state index is -1.10. The Bertz CT molecular complexity index is 976. The van der Waals surface area contributed by atoms with Crippen LogP contribution in [-0.4, -0.2) is 44.6 Å². The van der Waals surface area contributed by atoms with E-state index in [-0.39, 0.29) is 17.7 Å². The number of nitrogens with zero attached hydrogens (tertiary/aromatic N) is 1. The van der Waals surface area contributed by atoms with Gasteiger partial charge in [-0.15, -0.1) is 11.8 Å². The zero-order valence-electron chi connectivity index (χ0n) is 16.2. The first-order chi connectivity index (χ1) is 13.8. The molecule has 29 heavy (non-hydrogen) atoms. The smallest absolute Gasteiger partial charge is 0.326 e. The number of benzene rings is 2. The number of hydrogen-bond acceptors (Lipinski definition) is 4. The number of carbonyl (C=O) groups excluding carboxylic acids is 2. The van der Waals surface area contributed by atoms with Gasteiger partial charge in [0.15, 0.2) is 0 Å². The lowest BCUT2D eigenvalue weighted by Crippen LogP contribution is -2.56. The summed E-state index contributed by atoms with van der Waals surface area (Å²) in [5, 5.41) is 12.1. The second-order valence-electron chi connectivity index (χ2n) is 7.87. The Morgan fingerprint density at radius 3 is 2.48 bits per heavy atom. The van der Waals surface area contributed by atoms with Gasteiger partial charge in [0.2, 0.25) is 5.91 Å². The number of thioether (sulfide) groups is 1. The Balaban J connectivity index is 1.59. The molecular weight excluding hydrogens is 388 g/mol. The van der Waals surface area contributed by atoms with E-state index in [0.29, 0.717) is 5.56 Å². The van der Waals surface area contributed by atoms with Gasteiger partial charge in [-0.2, -0.15) is 0 Å².